The van der Waals surface area contributed by atoms with Gasteiger partial charge in [0.05, 0.1) is 20.8 Å². The monoisotopic (exact) mass is 308 g/mol. The minimum absolute atomic E-state index is 0.0547. The van der Waals surface area contributed by atoms with Gasteiger partial charge in [-0.05, 0) is 31.2 Å². The van der Waals surface area contributed by atoms with E-state index in [0.717, 1.165) is 11.3 Å². The summed E-state index contributed by atoms with van der Waals surface area (Å²) < 4.78 is 9.64. The third-order valence-electron chi connectivity index (χ3n) is 3.13. The van der Waals surface area contributed by atoms with E-state index in [1.807, 2.05) is 36.2 Å². The molecule has 1 rings (SSSR count). The number of ether oxygens (including phenoxy) is 2. The standard InChI is InChI=1S/C16H24N2O4/c1-18(11-13-6-8-14(21-2)9-7-13)12-15(19)17-10-4-5-16(20)22-3/h6-9H,4-5,10-12H2,1-3H3,(H,17,19). The first-order valence-electron chi connectivity index (χ1n) is 7.20. The molecule has 0 bridgehead atoms. The van der Waals surface area contributed by atoms with Crippen LogP contribution in [0.2, 0.25) is 0 Å². The van der Waals surface area contributed by atoms with Crippen LogP contribution in [-0.2, 0) is 20.9 Å². The highest BCUT2D eigenvalue weighted by atomic mass is 16.5. The topological polar surface area (TPSA) is 67.9 Å². The number of likely N-dealkylation sites (N-methyl/N-ethyl adjacent to an activating group) is 1. The van der Waals surface area contributed by atoms with E-state index < -0.39 is 0 Å². The first kappa shape index (κ1) is 18.0. The molecule has 0 aliphatic heterocycles. The zero-order valence-electron chi connectivity index (χ0n) is 13.4. The van der Waals surface area contributed by atoms with Gasteiger partial charge >= 0.3 is 5.97 Å². The van der Waals surface area contributed by atoms with E-state index in [-0.39, 0.29) is 11.9 Å². The summed E-state index contributed by atoms with van der Waals surface area (Å²) in [5.41, 5.74) is 1.11. The molecule has 0 saturated heterocycles. The molecule has 1 N–H and O–H groups in total. The Morgan fingerprint density at radius 1 is 1.18 bits per heavy atom. The maximum Gasteiger partial charge on any atom is 0.305 e. The molecule has 1 aromatic rings. The van der Waals surface area contributed by atoms with Crippen LogP contribution < -0.4 is 10.1 Å². The Morgan fingerprint density at radius 2 is 1.86 bits per heavy atom. The normalized spacial score (nSPS) is 10.4. The third kappa shape index (κ3) is 7.08. The van der Waals surface area contributed by atoms with Crippen molar-refractivity contribution in [1.82, 2.24) is 10.2 Å². The van der Waals surface area contributed by atoms with E-state index in [9.17, 15) is 9.59 Å². The molecule has 0 saturated carbocycles. The van der Waals surface area contributed by atoms with Crippen LogP contribution in [0.15, 0.2) is 24.3 Å². The van der Waals surface area contributed by atoms with E-state index in [1.165, 1.54) is 7.11 Å². The van der Waals surface area contributed by atoms with Crippen LogP contribution >= 0.6 is 0 Å². The minimum Gasteiger partial charge on any atom is -0.497 e. The molecule has 0 aromatic heterocycles. The molecule has 0 heterocycles. The fourth-order valence-electron chi connectivity index (χ4n) is 1.96. The zero-order valence-corrected chi connectivity index (χ0v) is 13.4. The fourth-order valence-corrected chi connectivity index (χ4v) is 1.96. The van der Waals surface area contributed by atoms with Gasteiger partial charge in [0.1, 0.15) is 5.75 Å². The van der Waals surface area contributed by atoms with Gasteiger partial charge in [-0.25, -0.2) is 0 Å². The molecular formula is C16H24N2O4. The third-order valence-corrected chi connectivity index (χ3v) is 3.13. The van der Waals surface area contributed by atoms with E-state index in [1.54, 1.807) is 7.11 Å². The van der Waals surface area contributed by atoms with Gasteiger partial charge in [0, 0.05) is 19.5 Å². The van der Waals surface area contributed by atoms with Crippen LogP contribution in [0.4, 0.5) is 0 Å². The first-order chi connectivity index (χ1) is 10.5. The molecular weight excluding hydrogens is 284 g/mol. The van der Waals surface area contributed by atoms with Crippen LogP contribution in [-0.4, -0.2) is 51.1 Å². The number of benzene rings is 1. The lowest BCUT2D eigenvalue weighted by Crippen LogP contribution is -2.35. The second-order valence-corrected chi connectivity index (χ2v) is 5.05. The van der Waals surface area contributed by atoms with Crippen molar-refractivity contribution in [3.8, 4) is 5.75 Å². The Balaban J connectivity index is 2.24. The average molecular weight is 308 g/mol. The Hall–Kier alpha value is -2.08. The number of methoxy groups -OCH3 is 2. The van der Waals surface area contributed by atoms with Gasteiger partial charge < -0.3 is 14.8 Å². The number of hydrogen-bond acceptors (Lipinski definition) is 5. The Labute approximate surface area is 131 Å². The Kier molecular flexibility index (Phi) is 7.99. The van der Waals surface area contributed by atoms with Crippen molar-refractivity contribution in [3.05, 3.63) is 29.8 Å². The maximum absolute atomic E-state index is 11.8. The number of nitrogens with zero attached hydrogens (tertiary/aromatic N) is 1. The van der Waals surface area contributed by atoms with Crippen molar-refractivity contribution in [2.24, 2.45) is 0 Å². The van der Waals surface area contributed by atoms with Crippen molar-refractivity contribution in [3.63, 3.8) is 0 Å². The molecule has 0 radical (unpaired) electrons. The predicted molar refractivity (Wildman–Crippen MR) is 83.6 cm³/mol. The summed E-state index contributed by atoms with van der Waals surface area (Å²) in [6.45, 7) is 1.47. The lowest BCUT2D eigenvalue weighted by molar-refractivity contribution is -0.140. The summed E-state index contributed by atoms with van der Waals surface area (Å²) >= 11 is 0. The molecule has 0 aliphatic carbocycles. The van der Waals surface area contributed by atoms with Gasteiger partial charge in [0.25, 0.3) is 0 Å². The second kappa shape index (κ2) is 9.78. The summed E-state index contributed by atoms with van der Waals surface area (Å²) in [5.74, 6) is 0.501. The molecule has 0 fully saturated rings. The maximum atomic E-state index is 11.8. The van der Waals surface area contributed by atoms with E-state index >= 15 is 0 Å². The molecule has 0 spiro atoms. The first-order valence-corrected chi connectivity index (χ1v) is 7.20. The van der Waals surface area contributed by atoms with Crippen LogP contribution in [0.3, 0.4) is 0 Å². The van der Waals surface area contributed by atoms with Crippen molar-refractivity contribution in [1.29, 1.82) is 0 Å². The molecule has 1 amide bonds. The number of carbonyl (C=O) groups is 2. The van der Waals surface area contributed by atoms with Crippen LogP contribution in [0.5, 0.6) is 5.75 Å². The summed E-state index contributed by atoms with van der Waals surface area (Å²) in [7, 11) is 4.87. The lowest BCUT2D eigenvalue weighted by Gasteiger charge is -2.16. The number of nitrogens with one attached hydrogen (secondary N) is 1. The highest BCUT2D eigenvalue weighted by molar-refractivity contribution is 5.78. The lowest BCUT2D eigenvalue weighted by atomic mass is 10.2. The van der Waals surface area contributed by atoms with E-state index in [2.05, 4.69) is 10.1 Å². The summed E-state index contributed by atoms with van der Waals surface area (Å²) in [5, 5.41) is 2.79. The molecule has 0 atom stereocenters. The van der Waals surface area contributed by atoms with Gasteiger partial charge in [0.15, 0.2) is 0 Å². The Bertz CT molecular complexity index is 474. The van der Waals surface area contributed by atoms with Crippen LogP contribution in [0.25, 0.3) is 0 Å². The van der Waals surface area contributed by atoms with Crippen LogP contribution in [0.1, 0.15) is 18.4 Å². The number of amides is 1. The van der Waals surface area contributed by atoms with Gasteiger partial charge in [-0.2, -0.15) is 0 Å². The van der Waals surface area contributed by atoms with Gasteiger partial charge in [0.2, 0.25) is 5.91 Å². The highest BCUT2D eigenvalue weighted by Crippen LogP contribution is 2.12. The Morgan fingerprint density at radius 3 is 2.45 bits per heavy atom. The SMILES string of the molecule is COC(=O)CCCNC(=O)CN(C)Cc1ccc(OC)cc1. The van der Waals surface area contributed by atoms with Gasteiger partial charge in [-0.15, -0.1) is 0 Å². The van der Waals surface area contributed by atoms with Crippen molar-refractivity contribution in [2.75, 3.05) is 34.4 Å². The second-order valence-electron chi connectivity index (χ2n) is 5.05. The number of carbonyl (C=O) groups excluding carboxylic acids is 2. The number of hydrogen-bond donors (Lipinski definition) is 1. The van der Waals surface area contributed by atoms with Gasteiger partial charge in [-0.3, -0.25) is 14.5 Å². The van der Waals surface area contributed by atoms with Gasteiger partial charge in [-0.1, -0.05) is 12.1 Å². The van der Waals surface area contributed by atoms with E-state index in [4.69, 9.17) is 4.74 Å². The quantitative estimate of drug-likeness (QED) is 0.548. The largest absolute Gasteiger partial charge is 0.497 e. The molecule has 0 unspecified atom stereocenters. The molecule has 0 aliphatic rings. The van der Waals surface area contributed by atoms with Crippen molar-refractivity contribution in [2.45, 2.75) is 19.4 Å². The van der Waals surface area contributed by atoms with Crippen LogP contribution in [0, 0.1) is 0 Å². The molecule has 6 heteroatoms. The fraction of sp³-hybridized carbons (Fsp3) is 0.500. The summed E-state index contributed by atoms with van der Waals surface area (Å²) in [6.07, 6.45) is 0.902. The number of esters is 1. The molecule has 1 aromatic carbocycles. The predicted octanol–water partition coefficient (Wildman–Crippen LogP) is 1.20. The van der Waals surface area contributed by atoms with Crippen molar-refractivity contribution >= 4 is 11.9 Å². The highest BCUT2D eigenvalue weighted by Gasteiger charge is 2.07. The van der Waals surface area contributed by atoms with Crippen molar-refractivity contribution < 1.29 is 19.1 Å². The summed E-state index contributed by atoms with van der Waals surface area (Å²) in [6, 6.07) is 7.75. The zero-order chi connectivity index (χ0) is 16.4. The summed E-state index contributed by atoms with van der Waals surface area (Å²) in [4.78, 5) is 24.6. The minimum atomic E-state index is -0.258. The molecule has 6 nitrogen and oxygen atoms in total. The number of rotatable bonds is 9. The van der Waals surface area contributed by atoms with E-state index in [0.29, 0.717) is 32.5 Å². The molecule has 22 heavy (non-hydrogen) atoms. The molecule has 122 valence electrons. The average Bonchev–Trinajstić information content (AvgIpc) is 2.51. The smallest absolute Gasteiger partial charge is 0.305 e.